The third-order valence-electron chi connectivity index (χ3n) is 5.93. The van der Waals surface area contributed by atoms with Crippen LogP contribution in [-0.4, -0.2) is 48.2 Å². The van der Waals surface area contributed by atoms with Crippen LogP contribution in [0.25, 0.3) is 0 Å². The second kappa shape index (κ2) is 11.6. The molecular formula is C24H30Cl2N4O4. The van der Waals surface area contributed by atoms with Gasteiger partial charge in [0.15, 0.2) is 0 Å². The van der Waals surface area contributed by atoms with E-state index >= 15 is 0 Å². The summed E-state index contributed by atoms with van der Waals surface area (Å²) in [4.78, 5) is 27.5. The standard InChI is InChI=1S/C24H30Cl2N4O4/c1-4-5-12-34-24(31)29-11-10-28(15-16(29)2)19-7-9-23(30(32)33)22(14-19)27-17(3)20-8-6-18(25)13-21(20)26/h6-9,13-14,16-17,27H,4-5,10-12,15H2,1-3H3/t16-,17-/m1/s1. The van der Waals surface area contributed by atoms with Crippen molar-refractivity contribution in [3.63, 3.8) is 0 Å². The lowest BCUT2D eigenvalue weighted by Gasteiger charge is -2.40. The number of unbranched alkanes of at least 4 members (excludes halogenated alkanes) is 1. The van der Waals surface area contributed by atoms with Crippen molar-refractivity contribution in [1.82, 2.24) is 4.90 Å². The van der Waals surface area contributed by atoms with E-state index in [1.807, 2.05) is 20.8 Å². The van der Waals surface area contributed by atoms with Crippen molar-refractivity contribution in [1.29, 1.82) is 0 Å². The molecule has 0 bridgehead atoms. The molecule has 10 heteroatoms. The van der Waals surface area contributed by atoms with Crippen LogP contribution in [0.1, 0.15) is 45.2 Å². The Hall–Kier alpha value is -2.71. The highest BCUT2D eigenvalue weighted by atomic mass is 35.5. The predicted molar refractivity (Wildman–Crippen MR) is 136 cm³/mol. The molecule has 0 aromatic heterocycles. The molecule has 184 valence electrons. The molecule has 1 aliphatic heterocycles. The summed E-state index contributed by atoms with van der Waals surface area (Å²) in [6.45, 7) is 8.05. The Kier molecular flexibility index (Phi) is 8.85. The summed E-state index contributed by atoms with van der Waals surface area (Å²) in [6, 6.07) is 9.87. The van der Waals surface area contributed by atoms with E-state index in [2.05, 4.69) is 10.2 Å². The normalized spacial score (nSPS) is 16.8. The number of benzene rings is 2. The van der Waals surface area contributed by atoms with Gasteiger partial charge in [-0.2, -0.15) is 0 Å². The van der Waals surface area contributed by atoms with Crippen molar-refractivity contribution in [3.05, 3.63) is 62.1 Å². The van der Waals surface area contributed by atoms with E-state index in [1.165, 1.54) is 6.07 Å². The summed E-state index contributed by atoms with van der Waals surface area (Å²) in [6.07, 6.45) is 1.52. The third-order valence-corrected chi connectivity index (χ3v) is 6.49. The van der Waals surface area contributed by atoms with E-state index in [4.69, 9.17) is 27.9 Å². The van der Waals surface area contributed by atoms with Gasteiger partial charge in [0.25, 0.3) is 5.69 Å². The van der Waals surface area contributed by atoms with Gasteiger partial charge in [0.05, 0.1) is 17.6 Å². The quantitative estimate of drug-likeness (QED) is 0.248. The van der Waals surface area contributed by atoms with Gasteiger partial charge in [-0.15, -0.1) is 0 Å². The van der Waals surface area contributed by atoms with Gasteiger partial charge in [-0.05, 0) is 50.1 Å². The number of nitro benzene ring substituents is 1. The largest absolute Gasteiger partial charge is 0.449 e. The number of carbonyl (C=O) groups excluding carboxylic acids is 1. The minimum atomic E-state index is -0.408. The van der Waals surface area contributed by atoms with Crippen molar-refractivity contribution in [2.45, 2.75) is 45.7 Å². The van der Waals surface area contributed by atoms with E-state index in [-0.39, 0.29) is 23.9 Å². The maximum atomic E-state index is 12.4. The summed E-state index contributed by atoms with van der Waals surface area (Å²) < 4.78 is 5.36. The second-order valence-corrected chi connectivity index (χ2v) is 9.29. The molecule has 1 fully saturated rings. The molecule has 1 saturated heterocycles. The molecule has 2 atom stereocenters. The van der Waals surface area contributed by atoms with Crippen LogP contribution >= 0.6 is 23.2 Å². The Morgan fingerprint density at radius 3 is 2.68 bits per heavy atom. The zero-order chi connectivity index (χ0) is 24.8. The SMILES string of the molecule is CCCCOC(=O)N1CCN(c2ccc([N+](=O)[O-])c(N[C@H](C)c3ccc(Cl)cc3Cl)c2)C[C@H]1C. The van der Waals surface area contributed by atoms with E-state index in [1.54, 1.807) is 35.2 Å². The highest BCUT2D eigenvalue weighted by Crippen LogP contribution is 2.35. The smallest absolute Gasteiger partial charge is 0.410 e. The number of anilines is 2. The summed E-state index contributed by atoms with van der Waals surface area (Å²) in [5.74, 6) is 0. The highest BCUT2D eigenvalue weighted by molar-refractivity contribution is 6.35. The molecule has 0 aliphatic carbocycles. The first kappa shape index (κ1) is 25.9. The van der Waals surface area contributed by atoms with Crippen LogP contribution in [0.5, 0.6) is 0 Å². The van der Waals surface area contributed by atoms with Crippen LogP contribution < -0.4 is 10.2 Å². The van der Waals surface area contributed by atoms with Gasteiger partial charge in [0.2, 0.25) is 0 Å². The molecule has 1 N–H and O–H groups in total. The van der Waals surface area contributed by atoms with E-state index in [0.717, 1.165) is 24.1 Å². The lowest BCUT2D eigenvalue weighted by Crippen LogP contribution is -2.54. The first-order chi connectivity index (χ1) is 16.2. The number of piperazine rings is 1. The molecule has 34 heavy (non-hydrogen) atoms. The minimum Gasteiger partial charge on any atom is -0.449 e. The Balaban J connectivity index is 1.76. The molecule has 0 saturated carbocycles. The van der Waals surface area contributed by atoms with E-state index in [9.17, 15) is 14.9 Å². The zero-order valence-corrected chi connectivity index (χ0v) is 21.1. The lowest BCUT2D eigenvalue weighted by atomic mass is 10.1. The van der Waals surface area contributed by atoms with E-state index < -0.39 is 4.92 Å². The molecule has 1 aliphatic rings. The fourth-order valence-corrected chi connectivity index (χ4v) is 4.58. The number of ether oxygens (including phenoxy) is 1. The van der Waals surface area contributed by atoms with E-state index in [0.29, 0.717) is 42.0 Å². The van der Waals surface area contributed by atoms with Gasteiger partial charge in [-0.25, -0.2) is 4.79 Å². The Morgan fingerprint density at radius 1 is 1.26 bits per heavy atom. The van der Waals surface area contributed by atoms with Crippen molar-refractivity contribution >= 4 is 46.4 Å². The number of nitrogens with one attached hydrogen (secondary N) is 1. The van der Waals surface area contributed by atoms with Gasteiger partial charge in [0, 0.05) is 47.5 Å². The lowest BCUT2D eigenvalue weighted by molar-refractivity contribution is -0.384. The molecule has 0 unspecified atom stereocenters. The molecule has 8 nitrogen and oxygen atoms in total. The van der Waals surface area contributed by atoms with Crippen molar-refractivity contribution in [3.8, 4) is 0 Å². The third kappa shape index (κ3) is 6.24. The van der Waals surface area contributed by atoms with Crippen LogP contribution in [0.15, 0.2) is 36.4 Å². The van der Waals surface area contributed by atoms with Crippen molar-refractivity contribution < 1.29 is 14.5 Å². The van der Waals surface area contributed by atoms with Crippen molar-refractivity contribution in [2.24, 2.45) is 0 Å². The van der Waals surface area contributed by atoms with Crippen LogP contribution in [-0.2, 0) is 4.74 Å². The average molecular weight is 509 g/mol. The predicted octanol–water partition coefficient (Wildman–Crippen LogP) is 6.52. The number of nitrogens with zero attached hydrogens (tertiary/aromatic N) is 3. The van der Waals surface area contributed by atoms with Gasteiger partial charge in [0.1, 0.15) is 5.69 Å². The van der Waals surface area contributed by atoms with Gasteiger partial charge < -0.3 is 19.9 Å². The zero-order valence-electron chi connectivity index (χ0n) is 19.6. The molecule has 2 aromatic carbocycles. The fraction of sp³-hybridized carbons (Fsp3) is 0.458. The monoisotopic (exact) mass is 508 g/mol. The fourth-order valence-electron chi connectivity index (χ4n) is 4.01. The molecular weight excluding hydrogens is 479 g/mol. The van der Waals surface area contributed by atoms with Crippen LogP contribution in [0.2, 0.25) is 10.0 Å². The number of amides is 1. The Bertz CT molecular complexity index is 1040. The van der Waals surface area contributed by atoms with Crippen LogP contribution in [0.4, 0.5) is 21.9 Å². The molecule has 1 heterocycles. The molecule has 1 amide bonds. The number of nitro groups is 1. The Morgan fingerprint density at radius 2 is 2.03 bits per heavy atom. The van der Waals surface area contributed by atoms with Crippen LogP contribution in [0, 0.1) is 10.1 Å². The molecule has 2 aromatic rings. The molecule has 0 radical (unpaired) electrons. The topological polar surface area (TPSA) is 88.0 Å². The number of hydrogen-bond acceptors (Lipinski definition) is 6. The number of halogens is 2. The summed E-state index contributed by atoms with van der Waals surface area (Å²) >= 11 is 12.3. The van der Waals surface area contributed by atoms with Gasteiger partial charge in [-0.1, -0.05) is 42.6 Å². The number of hydrogen-bond donors (Lipinski definition) is 1. The summed E-state index contributed by atoms with van der Waals surface area (Å²) in [7, 11) is 0. The van der Waals surface area contributed by atoms with Crippen molar-refractivity contribution in [2.75, 3.05) is 36.5 Å². The first-order valence-corrected chi connectivity index (χ1v) is 12.1. The summed E-state index contributed by atoms with van der Waals surface area (Å²) in [5, 5.41) is 15.9. The number of carbonyl (C=O) groups is 1. The maximum Gasteiger partial charge on any atom is 0.410 e. The maximum absolute atomic E-state index is 12.4. The summed E-state index contributed by atoms with van der Waals surface area (Å²) in [5.41, 5.74) is 2.00. The first-order valence-electron chi connectivity index (χ1n) is 11.4. The average Bonchev–Trinajstić information content (AvgIpc) is 2.78. The minimum absolute atomic E-state index is 0.0214. The van der Waals surface area contributed by atoms with Gasteiger partial charge in [-0.3, -0.25) is 10.1 Å². The van der Waals surface area contributed by atoms with Crippen LogP contribution in [0.3, 0.4) is 0 Å². The highest BCUT2D eigenvalue weighted by Gasteiger charge is 2.29. The Labute approximate surface area is 209 Å². The van der Waals surface area contributed by atoms with Gasteiger partial charge >= 0.3 is 6.09 Å². The molecule has 3 rings (SSSR count). The molecule has 0 spiro atoms. The second-order valence-electron chi connectivity index (χ2n) is 8.45. The number of rotatable bonds is 8.